The van der Waals surface area contributed by atoms with Crippen molar-refractivity contribution in [3.8, 4) is 5.75 Å². The van der Waals surface area contributed by atoms with Gasteiger partial charge in [0.15, 0.2) is 11.6 Å². The van der Waals surface area contributed by atoms with Gasteiger partial charge < -0.3 is 25.4 Å². The highest BCUT2D eigenvalue weighted by Gasteiger charge is 2.27. The van der Waals surface area contributed by atoms with Crippen LogP contribution < -0.4 is 20.3 Å². The molecule has 2 heterocycles. The quantitative estimate of drug-likeness (QED) is 0.208. The summed E-state index contributed by atoms with van der Waals surface area (Å²) in [6.45, 7) is 4.75. The molecule has 0 aliphatic carbocycles. The van der Waals surface area contributed by atoms with Crippen molar-refractivity contribution in [2.24, 2.45) is 0 Å². The van der Waals surface area contributed by atoms with Gasteiger partial charge in [-0.15, -0.1) is 0 Å². The Hall–Kier alpha value is -4.28. The second-order valence-corrected chi connectivity index (χ2v) is 9.88. The first-order chi connectivity index (χ1) is 20.1. The summed E-state index contributed by atoms with van der Waals surface area (Å²) in [7, 11) is 1.42. The number of para-hydroxylation sites is 1. The van der Waals surface area contributed by atoms with Crippen molar-refractivity contribution in [2.45, 2.75) is 31.8 Å². The topological polar surface area (TPSA) is 98.7 Å². The number of hydrogen-bond donors (Lipinski definition) is 3. The summed E-state index contributed by atoms with van der Waals surface area (Å²) in [5.74, 6) is 0.620. The zero-order valence-corrected chi connectivity index (χ0v) is 23.4. The summed E-state index contributed by atoms with van der Waals surface area (Å²) in [6, 6.07) is 23.9. The van der Waals surface area contributed by atoms with Crippen LogP contribution in [0, 0.1) is 5.82 Å². The molecule has 1 aliphatic rings. The van der Waals surface area contributed by atoms with Crippen molar-refractivity contribution in [3.05, 3.63) is 90.2 Å². The number of methoxy groups -OCH3 is 1. The maximum atomic E-state index is 14.5. The molecule has 0 saturated carbocycles. The van der Waals surface area contributed by atoms with Crippen LogP contribution in [-0.4, -0.2) is 64.4 Å². The van der Waals surface area contributed by atoms with Crippen molar-refractivity contribution >= 4 is 29.2 Å². The number of aliphatic hydroxyl groups excluding tert-OH is 1. The molecule has 0 spiro atoms. The Balaban J connectivity index is 1.56. The molecule has 214 valence electrons. The highest BCUT2D eigenvalue weighted by atomic mass is 19.1. The van der Waals surface area contributed by atoms with Gasteiger partial charge in [-0.25, -0.2) is 4.39 Å². The number of halogens is 1. The number of ether oxygens (including phenoxy) is 1. The highest BCUT2D eigenvalue weighted by molar-refractivity contribution is 5.63. The second kappa shape index (κ2) is 13.4. The van der Waals surface area contributed by atoms with E-state index in [9.17, 15) is 9.50 Å². The fourth-order valence-corrected chi connectivity index (χ4v) is 5.27. The number of likely N-dealkylation sites (tertiary alicyclic amines) is 1. The monoisotopic (exact) mass is 557 g/mol. The third-order valence-electron chi connectivity index (χ3n) is 7.35. The van der Waals surface area contributed by atoms with E-state index in [1.807, 2.05) is 65.6 Å². The molecule has 3 N–H and O–H groups in total. The summed E-state index contributed by atoms with van der Waals surface area (Å²) < 4.78 is 19.6. The van der Waals surface area contributed by atoms with Gasteiger partial charge in [0, 0.05) is 30.0 Å². The number of anilines is 5. The first kappa shape index (κ1) is 28.3. The van der Waals surface area contributed by atoms with Crippen LogP contribution in [0.1, 0.15) is 31.4 Å². The predicted molar refractivity (Wildman–Crippen MR) is 160 cm³/mol. The molecule has 0 radical (unpaired) electrons. The molecule has 2 atom stereocenters. The summed E-state index contributed by atoms with van der Waals surface area (Å²) in [5.41, 5.74) is 2.18. The van der Waals surface area contributed by atoms with Gasteiger partial charge in [-0.05, 0) is 55.8 Å². The standard InChI is InChI=1S/C31H36FN7O2/c1-3-38-18-10-15-25(38)20-33-29-35-30(34-23-16-17-28(41-2)26(32)19-23)37-31(36-29)39(24-13-8-5-9-14-24)27(21-40)22-11-6-4-7-12-22/h4-9,11-14,16-17,19,25,27,40H,3,10,15,18,20-21H2,1-2H3,(H2,33,34,35,36,37). The molecule has 9 nitrogen and oxygen atoms in total. The number of benzene rings is 3. The minimum absolute atomic E-state index is 0.148. The average molecular weight is 558 g/mol. The first-order valence-electron chi connectivity index (χ1n) is 13.9. The van der Waals surface area contributed by atoms with E-state index in [1.54, 1.807) is 12.1 Å². The van der Waals surface area contributed by atoms with E-state index in [0.29, 0.717) is 30.2 Å². The SMILES string of the molecule is CCN1CCCC1CNc1nc(Nc2ccc(OC)c(F)c2)nc(N(c2ccccc2)C(CO)c2ccccc2)n1. The summed E-state index contributed by atoms with van der Waals surface area (Å²) in [5, 5.41) is 17.2. The lowest BCUT2D eigenvalue weighted by molar-refractivity contribution is 0.266. The van der Waals surface area contributed by atoms with Crippen LogP contribution in [0.2, 0.25) is 0 Å². The third-order valence-corrected chi connectivity index (χ3v) is 7.35. The minimum Gasteiger partial charge on any atom is -0.494 e. The number of likely N-dealkylation sites (N-methyl/N-ethyl adjacent to an activating group) is 1. The van der Waals surface area contributed by atoms with Gasteiger partial charge in [-0.2, -0.15) is 15.0 Å². The Bertz CT molecular complexity index is 1410. The van der Waals surface area contributed by atoms with Crippen molar-refractivity contribution in [1.82, 2.24) is 19.9 Å². The Kier molecular flexibility index (Phi) is 9.22. The molecule has 4 aromatic rings. The van der Waals surface area contributed by atoms with Gasteiger partial charge in [-0.3, -0.25) is 4.90 Å². The molecule has 41 heavy (non-hydrogen) atoms. The van der Waals surface area contributed by atoms with Crippen molar-refractivity contribution in [2.75, 3.05) is 48.9 Å². The van der Waals surface area contributed by atoms with Gasteiger partial charge in [0.25, 0.3) is 0 Å². The molecule has 1 aliphatic heterocycles. The molecule has 10 heteroatoms. The molecule has 2 unspecified atom stereocenters. The maximum absolute atomic E-state index is 14.5. The van der Waals surface area contributed by atoms with Crippen molar-refractivity contribution in [3.63, 3.8) is 0 Å². The van der Waals surface area contributed by atoms with Crippen molar-refractivity contribution in [1.29, 1.82) is 0 Å². The van der Waals surface area contributed by atoms with Crippen molar-refractivity contribution < 1.29 is 14.2 Å². The van der Waals surface area contributed by atoms with E-state index < -0.39 is 11.9 Å². The highest BCUT2D eigenvalue weighted by Crippen LogP contribution is 2.34. The zero-order chi connectivity index (χ0) is 28.6. The fourth-order valence-electron chi connectivity index (χ4n) is 5.27. The number of aliphatic hydroxyl groups is 1. The number of nitrogens with one attached hydrogen (secondary N) is 2. The molecule has 3 aromatic carbocycles. The number of nitrogens with zero attached hydrogens (tertiary/aromatic N) is 5. The number of hydrogen-bond acceptors (Lipinski definition) is 9. The Morgan fingerprint density at radius 1 is 1.02 bits per heavy atom. The molecule has 1 aromatic heterocycles. The molecule has 0 bridgehead atoms. The lowest BCUT2D eigenvalue weighted by atomic mass is 10.1. The molecule has 1 fully saturated rings. The van der Waals surface area contributed by atoms with Crippen LogP contribution in [0.4, 0.5) is 33.6 Å². The van der Waals surface area contributed by atoms with Crippen LogP contribution in [-0.2, 0) is 0 Å². The van der Waals surface area contributed by atoms with E-state index in [0.717, 1.165) is 37.2 Å². The normalized spacial score (nSPS) is 15.9. The zero-order valence-electron chi connectivity index (χ0n) is 23.4. The maximum Gasteiger partial charge on any atom is 0.237 e. The van der Waals surface area contributed by atoms with Gasteiger partial charge in [-0.1, -0.05) is 55.5 Å². The number of aromatic nitrogens is 3. The summed E-state index contributed by atoms with van der Waals surface area (Å²) in [6.07, 6.45) is 2.27. The largest absolute Gasteiger partial charge is 0.494 e. The Morgan fingerprint density at radius 3 is 2.44 bits per heavy atom. The second-order valence-electron chi connectivity index (χ2n) is 9.88. The Morgan fingerprint density at radius 2 is 1.76 bits per heavy atom. The molecule has 5 rings (SSSR count). The van der Waals surface area contributed by atoms with Crippen LogP contribution in [0.15, 0.2) is 78.9 Å². The van der Waals surface area contributed by atoms with Crippen LogP contribution in [0.3, 0.4) is 0 Å². The summed E-state index contributed by atoms with van der Waals surface area (Å²) >= 11 is 0. The first-order valence-corrected chi connectivity index (χ1v) is 13.9. The van der Waals surface area contributed by atoms with Gasteiger partial charge in [0.1, 0.15) is 0 Å². The average Bonchev–Trinajstić information content (AvgIpc) is 3.47. The van der Waals surface area contributed by atoms with Crippen LogP contribution in [0.25, 0.3) is 0 Å². The molecule has 1 saturated heterocycles. The van der Waals surface area contributed by atoms with Gasteiger partial charge in [0.2, 0.25) is 17.8 Å². The molecular formula is C31H36FN7O2. The molecular weight excluding hydrogens is 521 g/mol. The third kappa shape index (κ3) is 6.72. The lowest BCUT2D eigenvalue weighted by Crippen LogP contribution is -2.35. The van der Waals surface area contributed by atoms with Gasteiger partial charge in [0.05, 0.1) is 19.8 Å². The lowest BCUT2D eigenvalue weighted by Gasteiger charge is -2.31. The minimum atomic E-state index is -0.499. The Labute approximate surface area is 240 Å². The van der Waals surface area contributed by atoms with E-state index in [1.165, 1.54) is 13.2 Å². The van der Waals surface area contributed by atoms with E-state index in [4.69, 9.17) is 14.7 Å². The fraction of sp³-hybridized carbons (Fsp3) is 0.323. The van der Waals surface area contributed by atoms with Crippen LogP contribution in [0.5, 0.6) is 5.75 Å². The van der Waals surface area contributed by atoms with E-state index in [-0.39, 0.29) is 18.3 Å². The molecule has 0 amide bonds. The predicted octanol–water partition coefficient (Wildman–Crippen LogP) is 5.53. The van der Waals surface area contributed by atoms with E-state index in [2.05, 4.69) is 27.4 Å². The van der Waals surface area contributed by atoms with Crippen LogP contribution >= 0.6 is 0 Å². The van der Waals surface area contributed by atoms with E-state index >= 15 is 0 Å². The smallest absolute Gasteiger partial charge is 0.237 e. The number of rotatable bonds is 12. The van der Waals surface area contributed by atoms with Gasteiger partial charge >= 0.3 is 0 Å². The summed E-state index contributed by atoms with van der Waals surface area (Å²) in [4.78, 5) is 18.6.